The summed E-state index contributed by atoms with van der Waals surface area (Å²) in [7, 11) is 2.13. The number of hydrogen-bond acceptors (Lipinski definition) is 2. The Morgan fingerprint density at radius 2 is 2.06 bits per heavy atom. The number of anilines is 1. The molecule has 0 spiro atoms. The summed E-state index contributed by atoms with van der Waals surface area (Å²) in [4.78, 5) is 2.28. The van der Waals surface area contributed by atoms with Crippen molar-refractivity contribution in [2.75, 3.05) is 25.0 Å². The van der Waals surface area contributed by atoms with E-state index in [1.54, 1.807) is 0 Å². The molecule has 0 radical (unpaired) electrons. The molecule has 1 aromatic carbocycles. The molecule has 0 saturated heterocycles. The van der Waals surface area contributed by atoms with Gasteiger partial charge in [-0.15, -0.1) is 0 Å². The molecule has 17 heavy (non-hydrogen) atoms. The molecule has 0 amide bonds. The van der Waals surface area contributed by atoms with Gasteiger partial charge in [-0.1, -0.05) is 29.8 Å². The van der Waals surface area contributed by atoms with Crippen LogP contribution in [0.5, 0.6) is 0 Å². The molecule has 2 nitrogen and oxygen atoms in total. The second-order valence-electron chi connectivity index (χ2n) is 4.81. The highest BCUT2D eigenvalue weighted by Gasteiger charge is 2.06. The molecule has 0 atom stereocenters. The van der Waals surface area contributed by atoms with E-state index in [2.05, 4.69) is 72.2 Å². The number of nitrogens with zero attached hydrogens (tertiary/aromatic N) is 1. The van der Waals surface area contributed by atoms with Crippen LogP contribution >= 0.6 is 15.9 Å². The molecule has 0 aliphatic carbocycles. The summed E-state index contributed by atoms with van der Waals surface area (Å²) in [6, 6.07) is 6.49. The van der Waals surface area contributed by atoms with Crippen molar-refractivity contribution in [2.45, 2.75) is 27.3 Å². The van der Waals surface area contributed by atoms with Gasteiger partial charge >= 0.3 is 0 Å². The topological polar surface area (TPSA) is 15.3 Å². The molecular weight excluding hydrogens is 276 g/mol. The fourth-order valence-electron chi connectivity index (χ4n) is 1.73. The Morgan fingerprint density at radius 3 is 2.65 bits per heavy atom. The molecule has 0 aliphatic heterocycles. The molecule has 1 aromatic rings. The average Bonchev–Trinajstić information content (AvgIpc) is 2.28. The average molecular weight is 299 g/mol. The van der Waals surface area contributed by atoms with E-state index >= 15 is 0 Å². The molecule has 0 bridgehead atoms. The van der Waals surface area contributed by atoms with Crippen LogP contribution in [0.15, 0.2) is 22.7 Å². The molecule has 1 rings (SSSR count). The molecular formula is C14H23BrN2. The van der Waals surface area contributed by atoms with Gasteiger partial charge in [0.1, 0.15) is 0 Å². The Kier molecular flexibility index (Phi) is 6.00. The first-order valence-corrected chi connectivity index (χ1v) is 7.04. The predicted molar refractivity (Wildman–Crippen MR) is 79.6 cm³/mol. The van der Waals surface area contributed by atoms with E-state index < -0.39 is 0 Å². The Hall–Kier alpha value is -0.540. The standard InChI is InChI=1S/C14H23BrN2/c1-5-17(4)14-7-6-13(15)8-12(14)10-16-9-11(2)3/h6-8,11,16H,5,9-10H2,1-4H3. The van der Waals surface area contributed by atoms with Crippen molar-refractivity contribution in [3.05, 3.63) is 28.2 Å². The summed E-state index contributed by atoms with van der Waals surface area (Å²) in [5.41, 5.74) is 2.66. The van der Waals surface area contributed by atoms with Gasteiger partial charge in [0.2, 0.25) is 0 Å². The molecule has 3 heteroatoms. The van der Waals surface area contributed by atoms with Crippen molar-refractivity contribution in [1.82, 2.24) is 5.32 Å². The summed E-state index contributed by atoms with van der Waals surface area (Å²) in [5.74, 6) is 0.689. The minimum absolute atomic E-state index is 0.689. The summed E-state index contributed by atoms with van der Waals surface area (Å²) >= 11 is 3.54. The highest BCUT2D eigenvalue weighted by atomic mass is 79.9. The van der Waals surface area contributed by atoms with Gasteiger partial charge in [-0.25, -0.2) is 0 Å². The van der Waals surface area contributed by atoms with Crippen molar-refractivity contribution < 1.29 is 0 Å². The van der Waals surface area contributed by atoms with Crippen LogP contribution < -0.4 is 10.2 Å². The molecule has 0 fully saturated rings. The maximum atomic E-state index is 3.54. The predicted octanol–water partition coefficient (Wildman–Crippen LogP) is 3.65. The number of nitrogens with one attached hydrogen (secondary N) is 1. The second kappa shape index (κ2) is 7.02. The van der Waals surface area contributed by atoms with E-state index in [0.717, 1.165) is 24.1 Å². The third kappa shape index (κ3) is 4.68. The van der Waals surface area contributed by atoms with Gasteiger partial charge in [0.15, 0.2) is 0 Å². The lowest BCUT2D eigenvalue weighted by Gasteiger charge is -2.21. The SMILES string of the molecule is CCN(C)c1ccc(Br)cc1CNCC(C)C. The second-order valence-corrected chi connectivity index (χ2v) is 5.73. The monoisotopic (exact) mass is 298 g/mol. The summed E-state index contributed by atoms with van der Waals surface area (Å²) in [6.07, 6.45) is 0. The quantitative estimate of drug-likeness (QED) is 0.862. The van der Waals surface area contributed by atoms with E-state index in [-0.39, 0.29) is 0 Å². The van der Waals surface area contributed by atoms with Crippen LogP contribution in [-0.2, 0) is 6.54 Å². The summed E-state index contributed by atoms with van der Waals surface area (Å²) in [5, 5.41) is 3.50. The Balaban J connectivity index is 2.76. The van der Waals surface area contributed by atoms with Gasteiger partial charge in [0.25, 0.3) is 0 Å². The number of hydrogen-bond donors (Lipinski definition) is 1. The normalized spacial score (nSPS) is 10.9. The van der Waals surface area contributed by atoms with Crippen molar-refractivity contribution in [3.63, 3.8) is 0 Å². The summed E-state index contributed by atoms with van der Waals surface area (Å²) < 4.78 is 1.15. The zero-order chi connectivity index (χ0) is 12.8. The molecule has 0 aromatic heterocycles. The van der Waals surface area contributed by atoms with Crippen molar-refractivity contribution in [3.8, 4) is 0 Å². The van der Waals surface area contributed by atoms with Crippen LogP contribution in [-0.4, -0.2) is 20.1 Å². The maximum Gasteiger partial charge on any atom is 0.0409 e. The molecule has 1 N–H and O–H groups in total. The van der Waals surface area contributed by atoms with E-state index in [1.807, 2.05) is 0 Å². The fraction of sp³-hybridized carbons (Fsp3) is 0.571. The van der Waals surface area contributed by atoms with Gasteiger partial charge < -0.3 is 10.2 Å². The third-order valence-corrected chi connectivity index (χ3v) is 3.29. The maximum absolute atomic E-state index is 3.54. The Bertz CT molecular complexity index is 350. The first-order valence-electron chi connectivity index (χ1n) is 6.24. The van der Waals surface area contributed by atoms with Gasteiger partial charge in [-0.2, -0.15) is 0 Å². The molecule has 0 saturated carbocycles. The van der Waals surface area contributed by atoms with E-state index in [4.69, 9.17) is 0 Å². The molecule has 0 aliphatic rings. The summed E-state index contributed by atoms with van der Waals surface area (Å²) in [6.45, 7) is 9.64. The minimum Gasteiger partial charge on any atom is -0.375 e. The minimum atomic E-state index is 0.689. The zero-order valence-electron chi connectivity index (χ0n) is 11.3. The van der Waals surface area contributed by atoms with Crippen LogP contribution in [0.1, 0.15) is 26.3 Å². The van der Waals surface area contributed by atoms with Crippen LogP contribution in [0, 0.1) is 5.92 Å². The van der Waals surface area contributed by atoms with Gasteiger partial charge in [0, 0.05) is 30.3 Å². The largest absolute Gasteiger partial charge is 0.375 e. The molecule has 0 heterocycles. The van der Waals surface area contributed by atoms with Crippen molar-refractivity contribution >= 4 is 21.6 Å². The third-order valence-electron chi connectivity index (χ3n) is 2.80. The van der Waals surface area contributed by atoms with Crippen LogP contribution in [0.2, 0.25) is 0 Å². The lowest BCUT2D eigenvalue weighted by atomic mass is 10.1. The Morgan fingerprint density at radius 1 is 1.35 bits per heavy atom. The first-order chi connectivity index (χ1) is 8.04. The van der Waals surface area contributed by atoms with E-state index in [0.29, 0.717) is 5.92 Å². The lowest BCUT2D eigenvalue weighted by molar-refractivity contribution is 0.552. The highest BCUT2D eigenvalue weighted by Crippen LogP contribution is 2.23. The zero-order valence-corrected chi connectivity index (χ0v) is 12.8. The molecule has 0 unspecified atom stereocenters. The fourth-order valence-corrected chi connectivity index (χ4v) is 2.14. The number of halogens is 1. The smallest absolute Gasteiger partial charge is 0.0409 e. The van der Waals surface area contributed by atoms with Gasteiger partial charge in [-0.05, 0) is 43.1 Å². The van der Waals surface area contributed by atoms with Crippen molar-refractivity contribution in [1.29, 1.82) is 0 Å². The molecule has 96 valence electrons. The van der Waals surface area contributed by atoms with E-state index in [9.17, 15) is 0 Å². The van der Waals surface area contributed by atoms with E-state index in [1.165, 1.54) is 11.3 Å². The van der Waals surface area contributed by atoms with Gasteiger partial charge in [0.05, 0.1) is 0 Å². The number of rotatable bonds is 6. The number of benzene rings is 1. The van der Waals surface area contributed by atoms with Crippen LogP contribution in [0.3, 0.4) is 0 Å². The van der Waals surface area contributed by atoms with Crippen LogP contribution in [0.4, 0.5) is 5.69 Å². The highest BCUT2D eigenvalue weighted by molar-refractivity contribution is 9.10. The van der Waals surface area contributed by atoms with Gasteiger partial charge in [-0.3, -0.25) is 0 Å². The Labute approximate surface area is 114 Å². The van der Waals surface area contributed by atoms with Crippen LogP contribution in [0.25, 0.3) is 0 Å². The van der Waals surface area contributed by atoms with Crippen molar-refractivity contribution in [2.24, 2.45) is 5.92 Å². The lowest BCUT2D eigenvalue weighted by Crippen LogP contribution is -2.22. The first kappa shape index (κ1) is 14.5.